The molecule has 6 N–H and O–H groups in total. The molecule has 2 fully saturated rings. The van der Waals surface area contributed by atoms with Gasteiger partial charge >= 0.3 is 0 Å². The van der Waals surface area contributed by atoms with Crippen molar-refractivity contribution in [3.8, 4) is 5.88 Å². The van der Waals surface area contributed by atoms with Gasteiger partial charge in [0.05, 0.1) is 19.3 Å². The molecule has 11 nitrogen and oxygen atoms in total. The summed E-state index contributed by atoms with van der Waals surface area (Å²) < 4.78 is 33.0. The van der Waals surface area contributed by atoms with Crippen LogP contribution in [0.1, 0.15) is 57.6 Å². The number of methoxy groups -OCH3 is 1. The summed E-state index contributed by atoms with van der Waals surface area (Å²) in [6.45, 7) is 3.25. The fourth-order valence-electron chi connectivity index (χ4n) is 4.46. The number of allylic oxidation sites excluding steroid dienone is 1. The highest BCUT2D eigenvalue weighted by Gasteiger charge is 2.48. The maximum absolute atomic E-state index is 14.2. The first-order chi connectivity index (χ1) is 18.1. The summed E-state index contributed by atoms with van der Waals surface area (Å²) in [5, 5.41) is 35.4. The van der Waals surface area contributed by atoms with E-state index in [4.69, 9.17) is 20.8 Å². The van der Waals surface area contributed by atoms with Gasteiger partial charge in [0, 0.05) is 11.8 Å². The fraction of sp³-hybridized carbons (Fsp3) is 0.520. The van der Waals surface area contributed by atoms with Crippen molar-refractivity contribution in [2.45, 2.75) is 58.0 Å². The zero-order valence-electron chi connectivity index (χ0n) is 21.5. The SMILES string of the molecule is CC/C(=N/O)C(=N)C(=O)NC(C(=O)N/C(=C/N[C@@H](C)c1cc(F)cnc1OC)C(=N)F)C(C1CC1)C1CC1. The largest absolute Gasteiger partial charge is 0.481 e. The predicted molar refractivity (Wildman–Crippen MR) is 135 cm³/mol. The van der Waals surface area contributed by atoms with Crippen molar-refractivity contribution < 1.29 is 28.3 Å². The lowest BCUT2D eigenvalue weighted by atomic mass is 9.88. The van der Waals surface area contributed by atoms with Crippen molar-refractivity contribution in [3.05, 3.63) is 35.5 Å². The van der Waals surface area contributed by atoms with Gasteiger partial charge in [-0.25, -0.2) is 9.37 Å². The second-order valence-electron chi connectivity index (χ2n) is 9.48. The summed E-state index contributed by atoms with van der Waals surface area (Å²) in [5.74, 6) is -3.31. The minimum absolute atomic E-state index is 0.135. The molecule has 0 radical (unpaired) electrons. The molecule has 2 saturated carbocycles. The molecule has 0 spiro atoms. The zero-order chi connectivity index (χ0) is 28.0. The summed E-state index contributed by atoms with van der Waals surface area (Å²) in [4.78, 5) is 30.0. The molecule has 2 amide bonds. The minimum Gasteiger partial charge on any atom is -0.481 e. The Balaban J connectivity index is 1.81. The number of carbonyl (C=O) groups excluding carboxylic acids is 2. The van der Waals surface area contributed by atoms with Crippen LogP contribution in [0.25, 0.3) is 0 Å². The highest BCUT2D eigenvalue weighted by molar-refractivity contribution is 6.65. The van der Waals surface area contributed by atoms with Crippen LogP contribution in [0.5, 0.6) is 5.88 Å². The molecule has 1 heterocycles. The van der Waals surface area contributed by atoms with Crippen LogP contribution in [0.3, 0.4) is 0 Å². The number of oxime groups is 1. The molecule has 0 aromatic carbocycles. The Bertz CT molecular complexity index is 1140. The molecule has 1 aromatic heterocycles. The maximum Gasteiger partial charge on any atom is 0.271 e. The number of amides is 2. The summed E-state index contributed by atoms with van der Waals surface area (Å²) in [6.07, 6.45) is 5.76. The van der Waals surface area contributed by atoms with Crippen molar-refractivity contribution in [2.75, 3.05) is 7.11 Å². The van der Waals surface area contributed by atoms with Gasteiger partial charge in [-0.2, -0.15) is 4.39 Å². The topological polar surface area (TPSA) is 173 Å². The Labute approximate surface area is 219 Å². The van der Waals surface area contributed by atoms with E-state index in [-0.39, 0.29) is 35.8 Å². The minimum atomic E-state index is -1.43. The Morgan fingerprint density at radius 3 is 2.42 bits per heavy atom. The van der Waals surface area contributed by atoms with E-state index >= 15 is 0 Å². The summed E-state index contributed by atoms with van der Waals surface area (Å²) in [6, 6.07) is -0.522. The van der Waals surface area contributed by atoms with Gasteiger partial charge in [0.2, 0.25) is 17.8 Å². The maximum atomic E-state index is 14.2. The normalized spacial score (nSPS) is 17.4. The molecule has 0 bridgehead atoms. The third kappa shape index (κ3) is 7.11. The number of rotatable bonds is 14. The third-order valence-corrected chi connectivity index (χ3v) is 6.74. The van der Waals surface area contributed by atoms with Gasteiger partial charge in [-0.15, -0.1) is 0 Å². The van der Waals surface area contributed by atoms with Gasteiger partial charge in [0.1, 0.15) is 29.0 Å². The van der Waals surface area contributed by atoms with Gasteiger partial charge in [0.15, 0.2) is 0 Å². The Kier molecular flexibility index (Phi) is 9.48. The quantitative estimate of drug-likeness (QED) is 0.122. The molecule has 0 aliphatic heterocycles. The number of ether oxygens (including phenoxy) is 1. The predicted octanol–water partition coefficient (Wildman–Crippen LogP) is 2.97. The van der Waals surface area contributed by atoms with E-state index in [1.54, 1.807) is 13.8 Å². The smallest absolute Gasteiger partial charge is 0.271 e. The lowest BCUT2D eigenvalue weighted by Gasteiger charge is -2.28. The van der Waals surface area contributed by atoms with E-state index in [2.05, 4.69) is 26.1 Å². The van der Waals surface area contributed by atoms with Gasteiger partial charge in [-0.05, 0) is 62.8 Å². The second kappa shape index (κ2) is 12.6. The molecule has 2 aliphatic carbocycles. The number of halogens is 2. The number of nitrogens with one attached hydrogen (secondary N) is 5. The number of carbonyl (C=O) groups is 2. The van der Waals surface area contributed by atoms with Gasteiger partial charge in [0.25, 0.3) is 5.91 Å². The van der Waals surface area contributed by atoms with Crippen LogP contribution in [0.2, 0.25) is 0 Å². The molecule has 2 atom stereocenters. The number of hydrogen-bond donors (Lipinski definition) is 6. The van der Waals surface area contributed by atoms with E-state index < -0.39 is 47.1 Å². The van der Waals surface area contributed by atoms with Crippen molar-refractivity contribution in [2.24, 2.45) is 22.9 Å². The molecule has 1 unspecified atom stereocenters. The molecule has 38 heavy (non-hydrogen) atoms. The lowest BCUT2D eigenvalue weighted by molar-refractivity contribution is -0.127. The van der Waals surface area contributed by atoms with E-state index in [1.807, 2.05) is 0 Å². The van der Waals surface area contributed by atoms with Crippen LogP contribution in [0.15, 0.2) is 29.3 Å². The monoisotopic (exact) mass is 533 g/mol. The summed E-state index contributed by atoms with van der Waals surface area (Å²) in [7, 11) is 1.37. The first-order valence-corrected chi connectivity index (χ1v) is 12.4. The molecule has 13 heteroatoms. The number of pyridine rings is 1. The third-order valence-electron chi connectivity index (χ3n) is 6.74. The van der Waals surface area contributed by atoms with Crippen LogP contribution in [0.4, 0.5) is 8.78 Å². The van der Waals surface area contributed by atoms with Gasteiger partial charge in [-0.3, -0.25) is 20.4 Å². The van der Waals surface area contributed by atoms with Crippen LogP contribution in [-0.4, -0.2) is 52.5 Å². The first-order valence-electron chi connectivity index (χ1n) is 12.4. The van der Waals surface area contributed by atoms with Gasteiger partial charge < -0.3 is 25.9 Å². The Morgan fingerprint density at radius 2 is 1.92 bits per heavy atom. The standard InChI is InChI=1S/C25H33F2N7O4/c1-4-17(34-37)20(28)23(35)33-21(19(13-5-6-13)14-7-8-14)24(36)32-18(22(27)29)11-30-12(2)16-9-15(26)10-31-25(16)38-3/h9-14,19,21,28-30,37H,4-8H2,1-3H3,(H,32,36)(H,33,35)/b18-11+,28-20?,29-22?,34-17-/t12-,21?/m0/s1. The molecule has 3 rings (SSSR count). The fourth-order valence-corrected chi connectivity index (χ4v) is 4.46. The average Bonchev–Trinajstić information content (AvgIpc) is 3.81. The molecule has 206 valence electrons. The van der Waals surface area contributed by atoms with Crippen LogP contribution >= 0.6 is 0 Å². The molecular weight excluding hydrogens is 500 g/mol. The summed E-state index contributed by atoms with van der Waals surface area (Å²) >= 11 is 0. The van der Waals surface area contributed by atoms with Crippen molar-refractivity contribution >= 4 is 29.2 Å². The number of nitrogens with zero attached hydrogens (tertiary/aromatic N) is 2. The Hall–Kier alpha value is -3.90. The summed E-state index contributed by atoms with van der Waals surface area (Å²) in [5.41, 5.74) is -0.859. The molecule has 1 aromatic rings. The molecule has 2 aliphatic rings. The number of hydrogen-bond acceptors (Lipinski definition) is 9. The van der Waals surface area contributed by atoms with Crippen molar-refractivity contribution in [3.63, 3.8) is 0 Å². The van der Waals surface area contributed by atoms with E-state index in [9.17, 15) is 18.4 Å². The highest BCUT2D eigenvalue weighted by atomic mass is 19.1. The van der Waals surface area contributed by atoms with E-state index in [1.165, 1.54) is 13.2 Å². The molecular formula is C25H33F2N7O4. The van der Waals surface area contributed by atoms with Crippen LogP contribution < -0.4 is 20.7 Å². The zero-order valence-corrected chi connectivity index (χ0v) is 21.5. The lowest BCUT2D eigenvalue weighted by Crippen LogP contribution is -2.54. The van der Waals surface area contributed by atoms with E-state index in [0.29, 0.717) is 5.56 Å². The van der Waals surface area contributed by atoms with Crippen LogP contribution in [-0.2, 0) is 9.59 Å². The number of aromatic nitrogens is 1. The van der Waals surface area contributed by atoms with Crippen molar-refractivity contribution in [1.29, 1.82) is 10.8 Å². The van der Waals surface area contributed by atoms with Gasteiger partial charge in [-0.1, -0.05) is 12.1 Å². The first kappa shape index (κ1) is 28.7. The van der Waals surface area contributed by atoms with E-state index in [0.717, 1.165) is 38.1 Å². The Morgan fingerprint density at radius 1 is 1.29 bits per heavy atom. The molecule has 0 saturated heterocycles. The van der Waals surface area contributed by atoms with Crippen LogP contribution in [0, 0.1) is 34.4 Å². The average molecular weight is 534 g/mol. The second-order valence-corrected chi connectivity index (χ2v) is 9.48. The highest BCUT2D eigenvalue weighted by Crippen LogP contribution is 2.50. The van der Waals surface area contributed by atoms with Crippen molar-refractivity contribution in [1.82, 2.24) is 20.9 Å².